The van der Waals surface area contributed by atoms with Crippen LogP contribution in [0.5, 0.6) is 0 Å². The zero-order valence-corrected chi connectivity index (χ0v) is 19.5. The molecule has 2 saturated carbocycles. The number of rotatable bonds is 7. The Labute approximate surface area is 199 Å². The highest BCUT2D eigenvalue weighted by atomic mass is 35.5. The highest BCUT2D eigenvalue weighted by Gasteiger charge is 2.32. The number of H-pyrrole nitrogens is 1. The number of nitrogens with one attached hydrogen (secondary N) is 2. The minimum absolute atomic E-state index is 0.217. The van der Waals surface area contributed by atoms with Crippen molar-refractivity contribution in [2.45, 2.75) is 69.5 Å². The summed E-state index contributed by atoms with van der Waals surface area (Å²) in [6.45, 7) is 0.381. The lowest BCUT2D eigenvalue weighted by atomic mass is 9.89. The van der Waals surface area contributed by atoms with Gasteiger partial charge in [0.1, 0.15) is 16.6 Å². The molecule has 4 N–H and O–H groups in total. The normalized spacial score (nSPS) is 21.6. The highest BCUT2D eigenvalue weighted by molar-refractivity contribution is 6.29. The van der Waals surface area contributed by atoms with Crippen molar-refractivity contribution < 1.29 is 4.79 Å². The smallest absolute Gasteiger partial charge is 0.231 e. The number of hydrogen-bond donors (Lipinski definition) is 3. The lowest BCUT2D eigenvalue weighted by Crippen LogP contribution is -2.48. The Balaban J connectivity index is 1.27. The maximum Gasteiger partial charge on any atom is 0.231 e. The summed E-state index contributed by atoms with van der Waals surface area (Å²) < 4.78 is 0. The van der Waals surface area contributed by atoms with Gasteiger partial charge in [-0.3, -0.25) is 9.69 Å². The lowest BCUT2D eigenvalue weighted by molar-refractivity contribution is -0.120. The van der Waals surface area contributed by atoms with Gasteiger partial charge in [0.25, 0.3) is 0 Å². The van der Waals surface area contributed by atoms with E-state index in [2.05, 4.69) is 37.3 Å². The molecule has 8 heteroatoms. The first kappa shape index (κ1) is 22.2. The molecule has 3 aromatic heterocycles. The fourth-order valence-electron chi connectivity index (χ4n) is 5.65. The summed E-state index contributed by atoms with van der Waals surface area (Å²) in [6, 6.07) is 9.22. The minimum atomic E-state index is -0.217. The summed E-state index contributed by atoms with van der Waals surface area (Å²) in [5.41, 5.74) is 8.51. The number of amides is 1. The van der Waals surface area contributed by atoms with Crippen molar-refractivity contribution >= 4 is 34.4 Å². The molecule has 3 heterocycles. The van der Waals surface area contributed by atoms with Crippen LogP contribution >= 0.6 is 11.6 Å². The molecule has 0 unspecified atom stereocenters. The maximum atomic E-state index is 11.7. The van der Waals surface area contributed by atoms with Crippen LogP contribution in [0.25, 0.3) is 22.2 Å². The van der Waals surface area contributed by atoms with Gasteiger partial charge in [-0.1, -0.05) is 24.4 Å². The number of aromatic amines is 1. The molecule has 7 nitrogen and oxygen atoms in total. The largest absolute Gasteiger partial charge is 0.369 e. The molecule has 0 spiro atoms. The molecule has 0 saturated heterocycles. The summed E-state index contributed by atoms with van der Waals surface area (Å²) in [5, 5.41) is 5.14. The van der Waals surface area contributed by atoms with Crippen LogP contribution < -0.4 is 11.1 Å². The van der Waals surface area contributed by atoms with E-state index in [0.717, 1.165) is 53.7 Å². The van der Waals surface area contributed by atoms with Crippen molar-refractivity contribution in [1.29, 1.82) is 0 Å². The van der Waals surface area contributed by atoms with Crippen LogP contribution in [0.3, 0.4) is 0 Å². The first-order valence-electron chi connectivity index (χ1n) is 12.0. The van der Waals surface area contributed by atoms with Gasteiger partial charge in [0, 0.05) is 41.5 Å². The van der Waals surface area contributed by atoms with Crippen LogP contribution in [-0.2, 0) is 4.79 Å². The van der Waals surface area contributed by atoms with Gasteiger partial charge < -0.3 is 16.0 Å². The van der Waals surface area contributed by atoms with Gasteiger partial charge in [0.15, 0.2) is 0 Å². The molecule has 0 aliphatic heterocycles. The van der Waals surface area contributed by atoms with Crippen LogP contribution in [0.15, 0.2) is 36.7 Å². The van der Waals surface area contributed by atoms with Gasteiger partial charge in [0.05, 0.1) is 6.54 Å². The van der Waals surface area contributed by atoms with Crippen LogP contribution in [0.4, 0.5) is 5.82 Å². The quantitative estimate of drug-likeness (QED) is 0.437. The molecular weight excluding hydrogens is 436 g/mol. The van der Waals surface area contributed by atoms with Gasteiger partial charge in [-0.2, -0.15) is 0 Å². The molecule has 174 valence electrons. The first-order valence-corrected chi connectivity index (χ1v) is 12.4. The van der Waals surface area contributed by atoms with Crippen LogP contribution in [0.2, 0.25) is 5.15 Å². The van der Waals surface area contributed by atoms with Crippen molar-refractivity contribution in [3.05, 3.63) is 41.8 Å². The fourth-order valence-corrected chi connectivity index (χ4v) is 5.86. The van der Waals surface area contributed by atoms with Crippen LogP contribution in [0.1, 0.15) is 51.4 Å². The third kappa shape index (κ3) is 4.99. The summed E-state index contributed by atoms with van der Waals surface area (Å²) in [7, 11) is 0. The number of fused-ring (bicyclic) bond motifs is 1. The summed E-state index contributed by atoms with van der Waals surface area (Å²) in [4.78, 5) is 26.2. The standard InChI is InChI=1S/C25H31ClN6O/c26-22-12-16(21-14-29-25-20(21)6-3-11-28-25)13-24(31-22)30-17-7-9-19(10-8-17)32(15-23(27)33)18-4-1-2-5-18/h3,6,11-14,17-19H,1-2,4-5,7-10,15H2,(H2,27,33)(H,28,29)(H,30,31). The lowest BCUT2D eigenvalue weighted by Gasteiger charge is -2.40. The van der Waals surface area contributed by atoms with Gasteiger partial charge in [-0.25, -0.2) is 9.97 Å². The van der Waals surface area contributed by atoms with Crippen molar-refractivity contribution in [1.82, 2.24) is 19.9 Å². The second kappa shape index (κ2) is 9.69. The minimum Gasteiger partial charge on any atom is -0.369 e. The average Bonchev–Trinajstić information content (AvgIpc) is 3.48. The number of nitrogens with two attached hydrogens (primary N) is 1. The Hall–Kier alpha value is -2.64. The molecule has 2 aliphatic carbocycles. The summed E-state index contributed by atoms with van der Waals surface area (Å²) >= 11 is 6.39. The molecule has 2 fully saturated rings. The monoisotopic (exact) mass is 466 g/mol. The number of aromatic nitrogens is 3. The van der Waals surface area contributed by atoms with E-state index in [-0.39, 0.29) is 5.91 Å². The Morgan fingerprint density at radius 2 is 1.91 bits per heavy atom. The third-order valence-electron chi connectivity index (χ3n) is 7.21. The van der Waals surface area contributed by atoms with Crippen molar-refractivity contribution in [3.63, 3.8) is 0 Å². The van der Waals surface area contributed by atoms with E-state index < -0.39 is 0 Å². The summed E-state index contributed by atoms with van der Waals surface area (Å²) in [5.74, 6) is 0.578. The first-order chi connectivity index (χ1) is 16.1. The second-order valence-corrected chi connectivity index (χ2v) is 9.78. The van der Waals surface area contributed by atoms with E-state index >= 15 is 0 Å². The zero-order chi connectivity index (χ0) is 22.8. The van der Waals surface area contributed by atoms with Gasteiger partial charge >= 0.3 is 0 Å². The number of carbonyl (C=O) groups excluding carboxylic acids is 1. The van der Waals surface area contributed by atoms with E-state index in [1.165, 1.54) is 25.7 Å². The molecule has 0 aromatic carbocycles. The SMILES string of the molecule is NC(=O)CN(C1CCCC1)C1CCC(Nc2cc(-c3c[nH]c4ncccc34)cc(Cl)n2)CC1. The number of nitrogens with zero attached hydrogens (tertiary/aromatic N) is 3. The number of halogens is 1. The fraction of sp³-hybridized carbons (Fsp3) is 0.480. The van der Waals surface area contributed by atoms with Gasteiger partial charge in [0.2, 0.25) is 5.91 Å². The third-order valence-corrected chi connectivity index (χ3v) is 7.40. The number of primary amides is 1. The van der Waals surface area contributed by atoms with E-state index in [1.807, 2.05) is 18.3 Å². The van der Waals surface area contributed by atoms with Crippen LogP contribution in [-0.4, -0.2) is 50.4 Å². The Morgan fingerprint density at radius 1 is 1.15 bits per heavy atom. The molecule has 3 aromatic rings. The summed E-state index contributed by atoms with van der Waals surface area (Å²) in [6.07, 6.45) is 12.8. The van der Waals surface area contributed by atoms with Crippen molar-refractivity contribution in [2.24, 2.45) is 5.73 Å². The van der Waals surface area contributed by atoms with E-state index in [1.54, 1.807) is 6.20 Å². The second-order valence-electron chi connectivity index (χ2n) is 9.39. The number of hydrogen-bond acceptors (Lipinski definition) is 5. The molecule has 33 heavy (non-hydrogen) atoms. The van der Waals surface area contributed by atoms with Crippen molar-refractivity contribution in [3.8, 4) is 11.1 Å². The number of anilines is 1. The predicted molar refractivity (Wildman–Crippen MR) is 132 cm³/mol. The predicted octanol–water partition coefficient (Wildman–Crippen LogP) is 4.73. The van der Waals surface area contributed by atoms with Crippen molar-refractivity contribution in [2.75, 3.05) is 11.9 Å². The molecule has 0 radical (unpaired) electrons. The number of carbonyl (C=O) groups is 1. The van der Waals surface area contributed by atoms with E-state index in [0.29, 0.717) is 29.8 Å². The molecular formula is C25H31ClN6O. The molecule has 0 bridgehead atoms. The molecule has 1 amide bonds. The van der Waals surface area contributed by atoms with E-state index in [4.69, 9.17) is 17.3 Å². The molecule has 0 atom stereocenters. The zero-order valence-electron chi connectivity index (χ0n) is 18.8. The average molecular weight is 467 g/mol. The van der Waals surface area contributed by atoms with E-state index in [9.17, 15) is 4.79 Å². The topological polar surface area (TPSA) is 99.9 Å². The van der Waals surface area contributed by atoms with Gasteiger partial charge in [-0.05, 0) is 68.4 Å². The number of pyridine rings is 2. The Bertz CT molecular complexity index is 1120. The maximum absolute atomic E-state index is 11.7. The molecule has 2 aliphatic rings. The highest BCUT2D eigenvalue weighted by Crippen LogP contribution is 2.33. The Kier molecular flexibility index (Phi) is 6.51. The Morgan fingerprint density at radius 3 is 2.67 bits per heavy atom. The molecule has 5 rings (SSSR count). The van der Waals surface area contributed by atoms with Crippen LogP contribution in [0, 0.1) is 0 Å². The van der Waals surface area contributed by atoms with Gasteiger partial charge in [-0.15, -0.1) is 0 Å².